The van der Waals surface area contributed by atoms with Crippen LogP contribution >= 0.6 is 11.3 Å². The lowest BCUT2D eigenvalue weighted by Gasteiger charge is -2.35. The topological polar surface area (TPSA) is 52.6 Å². The summed E-state index contributed by atoms with van der Waals surface area (Å²) in [4.78, 5) is 20.2. The summed E-state index contributed by atoms with van der Waals surface area (Å²) < 4.78 is 0. The molecule has 0 aliphatic carbocycles. The molecule has 1 fully saturated rings. The van der Waals surface area contributed by atoms with E-state index in [1.807, 2.05) is 60.3 Å². The number of hydrogen-bond donors (Lipinski definition) is 0. The predicted molar refractivity (Wildman–Crippen MR) is 114 cm³/mol. The average Bonchev–Trinajstić information content (AvgIpc) is 3.28. The summed E-state index contributed by atoms with van der Waals surface area (Å²) in [5, 5.41) is 10.4. The molecule has 6 nitrogen and oxygen atoms in total. The van der Waals surface area contributed by atoms with Crippen LogP contribution in [0.25, 0.3) is 10.4 Å². The molecule has 1 aliphatic rings. The number of nitrogens with zero attached hydrogens (tertiary/aromatic N) is 5. The minimum absolute atomic E-state index is 0.0884. The van der Waals surface area contributed by atoms with Crippen molar-refractivity contribution in [2.45, 2.75) is 0 Å². The monoisotopic (exact) mass is 393 g/mol. The molecule has 28 heavy (non-hydrogen) atoms. The van der Waals surface area contributed by atoms with Crippen molar-refractivity contribution in [3.8, 4) is 10.4 Å². The van der Waals surface area contributed by atoms with Crippen LogP contribution in [0.5, 0.6) is 0 Å². The summed E-state index contributed by atoms with van der Waals surface area (Å²) in [6.07, 6.45) is 1.75. The molecule has 144 valence electrons. The van der Waals surface area contributed by atoms with Crippen molar-refractivity contribution in [1.82, 2.24) is 15.1 Å². The fourth-order valence-corrected chi connectivity index (χ4v) is 4.02. The van der Waals surface area contributed by atoms with E-state index in [-0.39, 0.29) is 5.91 Å². The normalized spacial score (nSPS) is 14.2. The van der Waals surface area contributed by atoms with Gasteiger partial charge in [-0.2, -0.15) is 5.10 Å². The van der Waals surface area contributed by atoms with E-state index in [0.717, 1.165) is 35.7 Å². The second-order valence-electron chi connectivity index (χ2n) is 7.00. The minimum atomic E-state index is 0.0884. The highest BCUT2D eigenvalue weighted by atomic mass is 32.1. The molecule has 0 unspecified atom stereocenters. The molecular formula is C21H23N5OS. The molecule has 1 amide bonds. The van der Waals surface area contributed by atoms with Crippen LogP contribution in [0.4, 0.5) is 11.5 Å². The van der Waals surface area contributed by atoms with E-state index in [2.05, 4.69) is 26.5 Å². The number of hydrogen-bond acceptors (Lipinski definition) is 6. The zero-order chi connectivity index (χ0) is 19.5. The van der Waals surface area contributed by atoms with Gasteiger partial charge in [0.05, 0.1) is 11.9 Å². The van der Waals surface area contributed by atoms with Gasteiger partial charge in [0, 0.05) is 56.8 Å². The zero-order valence-electron chi connectivity index (χ0n) is 16.1. The number of aromatic nitrogens is 2. The van der Waals surface area contributed by atoms with E-state index in [1.165, 1.54) is 4.88 Å². The number of amides is 1. The first-order valence-corrected chi connectivity index (χ1v) is 10.2. The Balaban J connectivity index is 1.39. The van der Waals surface area contributed by atoms with Gasteiger partial charge in [0.15, 0.2) is 5.82 Å². The van der Waals surface area contributed by atoms with Crippen molar-refractivity contribution < 1.29 is 4.79 Å². The maximum absolute atomic E-state index is 12.9. The molecule has 3 heterocycles. The summed E-state index contributed by atoms with van der Waals surface area (Å²) in [5.74, 6) is 0.948. The van der Waals surface area contributed by atoms with E-state index in [1.54, 1.807) is 17.5 Å². The van der Waals surface area contributed by atoms with Gasteiger partial charge in [-0.25, -0.2) is 0 Å². The first-order valence-electron chi connectivity index (χ1n) is 9.30. The number of anilines is 2. The first kappa shape index (κ1) is 18.4. The highest BCUT2D eigenvalue weighted by molar-refractivity contribution is 7.13. The predicted octanol–water partition coefficient (Wildman–Crippen LogP) is 3.23. The second-order valence-corrected chi connectivity index (χ2v) is 7.95. The lowest BCUT2D eigenvalue weighted by atomic mass is 10.1. The summed E-state index contributed by atoms with van der Waals surface area (Å²) in [6.45, 7) is 2.87. The van der Waals surface area contributed by atoms with Gasteiger partial charge in [-0.15, -0.1) is 16.4 Å². The highest BCUT2D eigenvalue weighted by Gasteiger charge is 2.23. The molecule has 4 rings (SSSR count). The van der Waals surface area contributed by atoms with Gasteiger partial charge in [-0.3, -0.25) is 4.79 Å². The molecule has 1 aromatic carbocycles. The van der Waals surface area contributed by atoms with Crippen LogP contribution in [0.1, 0.15) is 10.4 Å². The largest absolute Gasteiger partial charge is 0.376 e. The molecule has 3 aromatic rings. The molecule has 0 atom stereocenters. The number of thiophene rings is 1. The van der Waals surface area contributed by atoms with E-state index >= 15 is 0 Å². The van der Waals surface area contributed by atoms with Gasteiger partial charge in [-0.05, 0) is 29.1 Å². The smallest absolute Gasteiger partial charge is 0.253 e. The van der Waals surface area contributed by atoms with Gasteiger partial charge < -0.3 is 14.7 Å². The van der Waals surface area contributed by atoms with Crippen LogP contribution in [0.2, 0.25) is 0 Å². The molecule has 1 saturated heterocycles. The zero-order valence-corrected chi connectivity index (χ0v) is 16.9. The third kappa shape index (κ3) is 3.84. The third-order valence-electron chi connectivity index (χ3n) is 4.97. The van der Waals surface area contributed by atoms with E-state index in [4.69, 9.17) is 0 Å². The summed E-state index contributed by atoms with van der Waals surface area (Å²) in [7, 11) is 3.97. The molecule has 7 heteroatoms. The molecule has 0 radical (unpaired) electrons. The second kappa shape index (κ2) is 7.98. The van der Waals surface area contributed by atoms with Gasteiger partial charge >= 0.3 is 0 Å². The van der Waals surface area contributed by atoms with Gasteiger partial charge in [0.25, 0.3) is 5.91 Å². The SMILES string of the molecule is CN(C)c1cnnc(N2CCN(C(=O)c3ccc(-c4cccs4)cc3)CC2)c1. The Morgan fingerprint density at radius 3 is 2.46 bits per heavy atom. The van der Waals surface area contributed by atoms with Gasteiger partial charge in [0.1, 0.15) is 0 Å². The Hall–Kier alpha value is -2.93. The quantitative estimate of drug-likeness (QED) is 0.681. The number of piperazine rings is 1. The van der Waals surface area contributed by atoms with Crippen molar-refractivity contribution in [1.29, 1.82) is 0 Å². The summed E-state index contributed by atoms with van der Waals surface area (Å²) in [5.41, 5.74) is 2.91. The van der Waals surface area contributed by atoms with E-state index < -0.39 is 0 Å². The Morgan fingerprint density at radius 1 is 1.07 bits per heavy atom. The molecule has 0 saturated carbocycles. The van der Waals surface area contributed by atoms with Crippen LogP contribution in [0, 0.1) is 0 Å². The van der Waals surface area contributed by atoms with E-state index in [9.17, 15) is 4.79 Å². The van der Waals surface area contributed by atoms with Crippen LogP contribution in [0.15, 0.2) is 54.0 Å². The van der Waals surface area contributed by atoms with Gasteiger partial charge in [0.2, 0.25) is 0 Å². The molecule has 0 N–H and O–H groups in total. The van der Waals surface area contributed by atoms with Crippen molar-refractivity contribution in [2.24, 2.45) is 0 Å². The van der Waals surface area contributed by atoms with Crippen molar-refractivity contribution in [3.63, 3.8) is 0 Å². The summed E-state index contributed by atoms with van der Waals surface area (Å²) >= 11 is 1.70. The molecule has 0 bridgehead atoms. The molecule has 2 aromatic heterocycles. The van der Waals surface area contributed by atoms with Crippen molar-refractivity contribution in [3.05, 3.63) is 59.6 Å². The minimum Gasteiger partial charge on any atom is -0.376 e. The number of rotatable bonds is 4. The highest BCUT2D eigenvalue weighted by Crippen LogP contribution is 2.25. The van der Waals surface area contributed by atoms with Crippen LogP contribution in [-0.4, -0.2) is 61.3 Å². The molecular weight excluding hydrogens is 370 g/mol. The fourth-order valence-electron chi connectivity index (χ4n) is 3.29. The lowest BCUT2D eigenvalue weighted by Crippen LogP contribution is -2.49. The first-order chi connectivity index (χ1) is 13.6. The van der Waals surface area contributed by atoms with Crippen molar-refractivity contribution >= 4 is 28.7 Å². The fraction of sp³-hybridized carbons (Fsp3) is 0.286. The Morgan fingerprint density at radius 2 is 1.82 bits per heavy atom. The van der Waals surface area contributed by atoms with Crippen molar-refractivity contribution in [2.75, 3.05) is 50.1 Å². The maximum Gasteiger partial charge on any atom is 0.253 e. The average molecular weight is 394 g/mol. The number of benzene rings is 1. The standard InChI is InChI=1S/C21H23N5OS/c1-24(2)18-14-20(23-22-15-18)25-9-11-26(12-10-25)21(27)17-7-5-16(6-8-17)19-4-3-13-28-19/h3-8,13-15H,9-12H2,1-2H3. The van der Waals surface area contributed by atoms with Crippen LogP contribution < -0.4 is 9.80 Å². The Bertz CT molecular complexity index is 932. The number of carbonyl (C=O) groups excluding carboxylic acids is 1. The summed E-state index contributed by atoms with van der Waals surface area (Å²) in [6, 6.07) is 14.1. The van der Waals surface area contributed by atoms with E-state index in [0.29, 0.717) is 13.1 Å². The van der Waals surface area contributed by atoms with Gasteiger partial charge in [-0.1, -0.05) is 18.2 Å². The third-order valence-corrected chi connectivity index (χ3v) is 5.89. The van der Waals surface area contributed by atoms with Crippen LogP contribution in [0.3, 0.4) is 0 Å². The van der Waals surface area contributed by atoms with Crippen LogP contribution in [-0.2, 0) is 0 Å². The lowest BCUT2D eigenvalue weighted by molar-refractivity contribution is 0.0746. The maximum atomic E-state index is 12.9. The number of carbonyl (C=O) groups is 1. The molecule has 0 spiro atoms. The molecule has 1 aliphatic heterocycles. The Kier molecular flexibility index (Phi) is 5.25. The Labute approximate surface area is 169 Å².